The number of anilines is 1. The third-order valence-electron chi connectivity index (χ3n) is 3.71. The van der Waals surface area contributed by atoms with Crippen molar-refractivity contribution in [2.75, 3.05) is 5.32 Å². The second kappa shape index (κ2) is 7.94. The van der Waals surface area contributed by atoms with Gasteiger partial charge in [0.05, 0.1) is 12.7 Å². The molecule has 0 radical (unpaired) electrons. The van der Waals surface area contributed by atoms with Crippen LogP contribution in [0, 0.1) is 6.92 Å². The molecular formula is C20H18BrN3O. The van der Waals surface area contributed by atoms with Gasteiger partial charge in [-0.2, -0.15) is 5.10 Å². The van der Waals surface area contributed by atoms with Gasteiger partial charge in [0.1, 0.15) is 0 Å². The summed E-state index contributed by atoms with van der Waals surface area (Å²) in [6.07, 6.45) is 6.95. The van der Waals surface area contributed by atoms with E-state index in [9.17, 15) is 4.79 Å². The molecule has 25 heavy (non-hydrogen) atoms. The molecule has 1 aromatic heterocycles. The van der Waals surface area contributed by atoms with E-state index < -0.39 is 0 Å². The Morgan fingerprint density at radius 1 is 1.24 bits per heavy atom. The Kier molecular flexibility index (Phi) is 5.46. The fraction of sp³-hybridized carbons (Fsp3) is 0.100. The number of carbonyl (C=O) groups is 1. The van der Waals surface area contributed by atoms with Crippen LogP contribution in [0.25, 0.3) is 6.08 Å². The second-order valence-corrected chi connectivity index (χ2v) is 6.65. The van der Waals surface area contributed by atoms with Crippen molar-refractivity contribution in [2.45, 2.75) is 13.5 Å². The number of nitrogens with one attached hydrogen (secondary N) is 1. The average molecular weight is 396 g/mol. The van der Waals surface area contributed by atoms with Crippen LogP contribution in [0.2, 0.25) is 0 Å². The molecule has 0 aliphatic heterocycles. The molecule has 0 spiro atoms. The molecule has 0 saturated carbocycles. The number of halogens is 1. The summed E-state index contributed by atoms with van der Waals surface area (Å²) in [5, 5.41) is 7.21. The summed E-state index contributed by atoms with van der Waals surface area (Å²) in [5.74, 6) is -0.166. The SMILES string of the molecule is Cc1cc(Br)ccc1NC(=O)/C=C/c1cnn(Cc2ccccc2)c1. The molecular weight excluding hydrogens is 378 g/mol. The van der Waals surface area contributed by atoms with Crippen LogP contribution in [0.3, 0.4) is 0 Å². The number of carbonyl (C=O) groups excluding carboxylic acids is 1. The lowest BCUT2D eigenvalue weighted by Crippen LogP contribution is -2.08. The van der Waals surface area contributed by atoms with Crippen molar-refractivity contribution in [1.29, 1.82) is 0 Å². The Morgan fingerprint density at radius 2 is 2.04 bits per heavy atom. The van der Waals surface area contributed by atoms with Crippen molar-refractivity contribution in [1.82, 2.24) is 9.78 Å². The minimum Gasteiger partial charge on any atom is -0.322 e. The second-order valence-electron chi connectivity index (χ2n) is 5.74. The summed E-state index contributed by atoms with van der Waals surface area (Å²) >= 11 is 3.41. The summed E-state index contributed by atoms with van der Waals surface area (Å²) in [4.78, 5) is 12.1. The Bertz CT molecular complexity index is 900. The van der Waals surface area contributed by atoms with E-state index in [0.29, 0.717) is 6.54 Å². The number of hydrogen-bond donors (Lipinski definition) is 1. The number of benzene rings is 2. The molecule has 0 saturated heterocycles. The van der Waals surface area contributed by atoms with E-state index in [2.05, 4.69) is 38.5 Å². The number of amides is 1. The first-order valence-corrected chi connectivity index (χ1v) is 8.71. The van der Waals surface area contributed by atoms with E-state index >= 15 is 0 Å². The van der Waals surface area contributed by atoms with Crippen LogP contribution in [-0.2, 0) is 11.3 Å². The number of aromatic nitrogens is 2. The van der Waals surface area contributed by atoms with Gasteiger partial charge in [-0.25, -0.2) is 0 Å². The van der Waals surface area contributed by atoms with Crippen LogP contribution in [0.15, 0.2) is 71.5 Å². The van der Waals surface area contributed by atoms with Gasteiger partial charge in [-0.15, -0.1) is 0 Å². The Labute approximate surface area is 155 Å². The van der Waals surface area contributed by atoms with Gasteiger partial charge in [-0.3, -0.25) is 9.48 Å². The summed E-state index contributed by atoms with van der Waals surface area (Å²) in [6, 6.07) is 15.9. The van der Waals surface area contributed by atoms with Crippen molar-refractivity contribution in [3.05, 3.63) is 88.2 Å². The minimum atomic E-state index is -0.166. The maximum absolute atomic E-state index is 12.1. The zero-order valence-electron chi connectivity index (χ0n) is 13.8. The van der Waals surface area contributed by atoms with Crippen molar-refractivity contribution in [2.24, 2.45) is 0 Å². The highest BCUT2D eigenvalue weighted by Gasteiger charge is 2.03. The molecule has 1 amide bonds. The fourth-order valence-corrected chi connectivity index (χ4v) is 2.91. The van der Waals surface area contributed by atoms with Gasteiger partial charge in [-0.1, -0.05) is 46.3 Å². The van der Waals surface area contributed by atoms with Crippen molar-refractivity contribution < 1.29 is 4.79 Å². The van der Waals surface area contributed by atoms with E-state index in [1.165, 1.54) is 11.6 Å². The predicted octanol–water partition coefficient (Wildman–Crippen LogP) is 4.65. The molecule has 1 heterocycles. The molecule has 2 aromatic carbocycles. The Morgan fingerprint density at radius 3 is 2.80 bits per heavy atom. The summed E-state index contributed by atoms with van der Waals surface area (Å²) < 4.78 is 2.84. The van der Waals surface area contributed by atoms with Crippen LogP contribution in [0.4, 0.5) is 5.69 Å². The third-order valence-corrected chi connectivity index (χ3v) is 4.21. The number of hydrogen-bond acceptors (Lipinski definition) is 2. The normalized spacial score (nSPS) is 11.0. The maximum Gasteiger partial charge on any atom is 0.248 e. The number of nitrogens with zero attached hydrogens (tertiary/aromatic N) is 2. The van der Waals surface area contributed by atoms with Crippen LogP contribution in [0.5, 0.6) is 0 Å². The zero-order valence-corrected chi connectivity index (χ0v) is 15.4. The van der Waals surface area contributed by atoms with Crippen molar-refractivity contribution >= 4 is 33.6 Å². The lowest BCUT2D eigenvalue weighted by molar-refractivity contribution is -0.111. The topological polar surface area (TPSA) is 46.9 Å². The van der Waals surface area contributed by atoms with Crippen LogP contribution < -0.4 is 5.32 Å². The van der Waals surface area contributed by atoms with Gasteiger partial charge < -0.3 is 5.32 Å². The molecule has 126 valence electrons. The van der Waals surface area contributed by atoms with Gasteiger partial charge in [-0.05, 0) is 42.3 Å². The molecule has 3 aromatic rings. The first-order chi connectivity index (χ1) is 12.1. The predicted molar refractivity (Wildman–Crippen MR) is 104 cm³/mol. The van der Waals surface area contributed by atoms with Crippen LogP contribution >= 0.6 is 15.9 Å². The first-order valence-electron chi connectivity index (χ1n) is 7.92. The van der Waals surface area contributed by atoms with Crippen molar-refractivity contribution in [3.63, 3.8) is 0 Å². The van der Waals surface area contributed by atoms with Gasteiger partial charge in [0.15, 0.2) is 0 Å². The van der Waals surface area contributed by atoms with Gasteiger partial charge in [0, 0.05) is 28.0 Å². The smallest absolute Gasteiger partial charge is 0.248 e. The van der Waals surface area contributed by atoms with E-state index in [1.807, 2.05) is 54.2 Å². The van der Waals surface area contributed by atoms with E-state index in [4.69, 9.17) is 0 Å². The average Bonchev–Trinajstić information content (AvgIpc) is 3.04. The number of rotatable bonds is 5. The lowest BCUT2D eigenvalue weighted by atomic mass is 10.2. The molecule has 5 heteroatoms. The molecule has 4 nitrogen and oxygen atoms in total. The van der Waals surface area contributed by atoms with Crippen molar-refractivity contribution in [3.8, 4) is 0 Å². The van der Waals surface area contributed by atoms with Crippen LogP contribution in [0.1, 0.15) is 16.7 Å². The minimum absolute atomic E-state index is 0.166. The van der Waals surface area contributed by atoms with Gasteiger partial charge in [0.25, 0.3) is 0 Å². The quantitative estimate of drug-likeness (QED) is 0.638. The maximum atomic E-state index is 12.1. The zero-order chi connectivity index (χ0) is 17.6. The number of aryl methyl sites for hydroxylation is 1. The Balaban J connectivity index is 1.61. The molecule has 0 unspecified atom stereocenters. The first kappa shape index (κ1) is 17.2. The Hall–Kier alpha value is -2.66. The highest BCUT2D eigenvalue weighted by Crippen LogP contribution is 2.20. The molecule has 0 bridgehead atoms. The molecule has 0 fully saturated rings. The fourth-order valence-electron chi connectivity index (χ4n) is 2.44. The van der Waals surface area contributed by atoms with E-state index in [1.54, 1.807) is 12.3 Å². The lowest BCUT2D eigenvalue weighted by Gasteiger charge is -2.06. The summed E-state index contributed by atoms with van der Waals surface area (Å²) in [7, 11) is 0. The third kappa shape index (κ3) is 4.90. The monoisotopic (exact) mass is 395 g/mol. The molecule has 0 aliphatic carbocycles. The highest BCUT2D eigenvalue weighted by atomic mass is 79.9. The molecule has 0 atom stereocenters. The molecule has 3 rings (SSSR count). The largest absolute Gasteiger partial charge is 0.322 e. The van der Waals surface area contributed by atoms with E-state index in [0.717, 1.165) is 21.3 Å². The van der Waals surface area contributed by atoms with Gasteiger partial charge >= 0.3 is 0 Å². The standard InChI is InChI=1S/C20H18BrN3O/c1-15-11-18(21)8-9-19(15)23-20(25)10-7-17-12-22-24(14-17)13-16-5-3-2-4-6-16/h2-12,14H,13H2,1H3,(H,23,25)/b10-7+. The molecule has 0 aliphatic rings. The summed E-state index contributed by atoms with van der Waals surface area (Å²) in [5.41, 5.74) is 3.88. The van der Waals surface area contributed by atoms with Gasteiger partial charge in [0.2, 0.25) is 5.91 Å². The van der Waals surface area contributed by atoms with E-state index in [-0.39, 0.29) is 5.91 Å². The molecule has 1 N–H and O–H groups in total. The van der Waals surface area contributed by atoms with Crippen LogP contribution in [-0.4, -0.2) is 15.7 Å². The summed E-state index contributed by atoms with van der Waals surface area (Å²) in [6.45, 7) is 2.66. The highest BCUT2D eigenvalue weighted by molar-refractivity contribution is 9.10.